The predicted molar refractivity (Wildman–Crippen MR) is 127 cm³/mol. The maximum atomic E-state index is 13.5. The number of carbonyl (C=O) groups excluding carboxylic acids is 1. The number of carbonyl (C=O) groups is 1. The molecule has 1 atom stereocenters. The van der Waals surface area contributed by atoms with Gasteiger partial charge in [0.15, 0.2) is 16.3 Å². The number of methoxy groups -OCH3 is 3. The monoisotopic (exact) mass is 484 g/mol. The quantitative estimate of drug-likeness (QED) is 0.520. The summed E-state index contributed by atoms with van der Waals surface area (Å²) in [5, 5.41) is 0.363. The van der Waals surface area contributed by atoms with Crippen molar-refractivity contribution in [1.29, 1.82) is 0 Å². The zero-order valence-corrected chi connectivity index (χ0v) is 20.0. The van der Waals surface area contributed by atoms with Crippen LogP contribution in [0.1, 0.15) is 24.1 Å². The Bertz CT molecular complexity index is 1440. The van der Waals surface area contributed by atoms with E-state index in [1.165, 1.54) is 37.2 Å². The van der Waals surface area contributed by atoms with Crippen molar-refractivity contribution in [3.05, 3.63) is 89.6 Å². The fraction of sp³-hybridized carbons (Fsp3) is 0.208. The van der Waals surface area contributed by atoms with Crippen molar-refractivity contribution < 1.29 is 19.0 Å². The number of allylic oxidation sites excluding steroid dienone is 1. The van der Waals surface area contributed by atoms with Crippen LogP contribution in [0.25, 0.3) is 6.08 Å². The lowest BCUT2D eigenvalue weighted by Gasteiger charge is -2.24. The molecule has 2 heterocycles. The molecule has 0 fully saturated rings. The fourth-order valence-electron chi connectivity index (χ4n) is 3.82. The Morgan fingerprint density at radius 1 is 1.15 bits per heavy atom. The second-order valence-electron chi connectivity index (χ2n) is 7.22. The molecule has 1 unspecified atom stereocenters. The van der Waals surface area contributed by atoms with Crippen molar-refractivity contribution in [1.82, 2.24) is 4.57 Å². The van der Waals surface area contributed by atoms with Gasteiger partial charge in [0.05, 0.1) is 48.2 Å². The molecule has 3 aromatic rings. The molecule has 0 amide bonds. The zero-order chi connectivity index (χ0) is 23.7. The summed E-state index contributed by atoms with van der Waals surface area (Å²) in [6, 6.07) is 12.1. The number of nitrogens with zero attached hydrogens (tertiary/aromatic N) is 2. The minimum atomic E-state index is -0.647. The highest BCUT2D eigenvalue weighted by Gasteiger charge is 2.32. The minimum Gasteiger partial charge on any atom is -0.493 e. The first-order chi connectivity index (χ1) is 15.9. The molecule has 1 aromatic heterocycles. The standard InChI is InChI=1S/C24H21ClN2O5S/c1-13-19(23(29)32-4)20(15-8-6-5-7-9-15)27-22(28)18(33-24(27)26-13)12-14-10-16(25)21(31-3)17(11-14)30-2/h5-12,20H,1-4H3. The van der Waals surface area contributed by atoms with E-state index < -0.39 is 12.0 Å². The molecule has 7 nitrogen and oxygen atoms in total. The van der Waals surface area contributed by atoms with Crippen molar-refractivity contribution >= 4 is 35.0 Å². The maximum Gasteiger partial charge on any atom is 0.338 e. The third kappa shape index (κ3) is 4.07. The van der Waals surface area contributed by atoms with Gasteiger partial charge < -0.3 is 14.2 Å². The molecular weight excluding hydrogens is 464 g/mol. The summed E-state index contributed by atoms with van der Waals surface area (Å²) >= 11 is 7.57. The van der Waals surface area contributed by atoms with Gasteiger partial charge in [-0.1, -0.05) is 53.3 Å². The summed E-state index contributed by atoms with van der Waals surface area (Å²) in [6.07, 6.45) is 1.72. The van der Waals surface area contributed by atoms with E-state index >= 15 is 0 Å². The average Bonchev–Trinajstić information content (AvgIpc) is 3.12. The number of hydrogen-bond donors (Lipinski definition) is 0. The van der Waals surface area contributed by atoms with Gasteiger partial charge in [-0.2, -0.15) is 0 Å². The Hall–Kier alpha value is -3.36. The Morgan fingerprint density at radius 2 is 1.88 bits per heavy atom. The molecular formula is C24H21ClN2O5S. The van der Waals surface area contributed by atoms with Crippen LogP contribution in [0.4, 0.5) is 0 Å². The van der Waals surface area contributed by atoms with Crippen LogP contribution in [-0.2, 0) is 9.53 Å². The molecule has 2 aromatic carbocycles. The number of hydrogen-bond acceptors (Lipinski definition) is 7. The maximum absolute atomic E-state index is 13.5. The lowest BCUT2D eigenvalue weighted by atomic mass is 9.96. The van der Waals surface area contributed by atoms with Crippen molar-refractivity contribution in [3.63, 3.8) is 0 Å². The lowest BCUT2D eigenvalue weighted by Crippen LogP contribution is -2.39. The van der Waals surface area contributed by atoms with E-state index in [9.17, 15) is 9.59 Å². The van der Waals surface area contributed by atoms with Crippen LogP contribution in [0.3, 0.4) is 0 Å². The van der Waals surface area contributed by atoms with E-state index in [4.69, 9.17) is 25.8 Å². The van der Waals surface area contributed by atoms with Crippen molar-refractivity contribution in [2.75, 3.05) is 21.3 Å². The van der Waals surface area contributed by atoms with Gasteiger partial charge in [0, 0.05) is 0 Å². The van der Waals surface area contributed by atoms with E-state index in [2.05, 4.69) is 4.99 Å². The number of fused-ring (bicyclic) bond motifs is 1. The zero-order valence-electron chi connectivity index (χ0n) is 18.4. The molecule has 0 saturated carbocycles. The second-order valence-corrected chi connectivity index (χ2v) is 8.64. The van der Waals surface area contributed by atoms with Crippen molar-refractivity contribution in [2.45, 2.75) is 13.0 Å². The Morgan fingerprint density at radius 3 is 2.52 bits per heavy atom. The molecule has 170 valence electrons. The van der Waals surface area contributed by atoms with Gasteiger partial charge in [-0.15, -0.1) is 0 Å². The van der Waals surface area contributed by atoms with Crippen LogP contribution in [0.15, 0.2) is 63.5 Å². The first kappa shape index (κ1) is 22.8. The van der Waals surface area contributed by atoms with Gasteiger partial charge in [0.25, 0.3) is 5.56 Å². The van der Waals surface area contributed by atoms with Crippen LogP contribution >= 0.6 is 22.9 Å². The predicted octanol–water partition coefficient (Wildman–Crippen LogP) is 3.08. The van der Waals surface area contributed by atoms with Gasteiger partial charge >= 0.3 is 5.97 Å². The van der Waals surface area contributed by atoms with Crippen molar-refractivity contribution in [3.8, 4) is 11.5 Å². The topological polar surface area (TPSA) is 79.1 Å². The van der Waals surface area contributed by atoms with E-state index in [-0.39, 0.29) is 5.56 Å². The molecule has 4 rings (SSSR count). The first-order valence-electron chi connectivity index (χ1n) is 9.97. The highest BCUT2D eigenvalue weighted by atomic mass is 35.5. The van der Waals surface area contributed by atoms with Crippen LogP contribution < -0.4 is 24.4 Å². The summed E-state index contributed by atoms with van der Waals surface area (Å²) in [7, 11) is 4.34. The Kier molecular flexibility index (Phi) is 6.40. The molecule has 1 aliphatic heterocycles. The van der Waals surface area contributed by atoms with Gasteiger partial charge in [-0.3, -0.25) is 9.36 Å². The van der Waals surface area contributed by atoms with E-state index in [1.54, 1.807) is 25.1 Å². The molecule has 0 aliphatic carbocycles. The lowest BCUT2D eigenvalue weighted by molar-refractivity contribution is -0.136. The summed E-state index contributed by atoms with van der Waals surface area (Å²) in [5.41, 5.74) is 2.03. The first-order valence-corrected chi connectivity index (χ1v) is 11.2. The molecule has 33 heavy (non-hydrogen) atoms. The number of thiazole rings is 1. The normalized spacial score (nSPS) is 15.7. The Balaban J connectivity index is 1.95. The molecule has 0 spiro atoms. The Labute approximate surface area is 198 Å². The van der Waals surface area contributed by atoms with Crippen LogP contribution in [0.5, 0.6) is 11.5 Å². The van der Waals surface area contributed by atoms with Crippen LogP contribution in [0.2, 0.25) is 5.02 Å². The van der Waals surface area contributed by atoms with E-state index in [1.807, 2.05) is 30.3 Å². The molecule has 1 aliphatic rings. The second kappa shape index (κ2) is 9.25. The highest BCUT2D eigenvalue weighted by Crippen LogP contribution is 2.36. The molecule has 0 N–H and O–H groups in total. The number of rotatable bonds is 5. The van der Waals surface area contributed by atoms with Gasteiger partial charge in [-0.25, -0.2) is 9.79 Å². The molecule has 0 bridgehead atoms. The van der Waals surface area contributed by atoms with Gasteiger partial charge in [0.1, 0.15) is 0 Å². The summed E-state index contributed by atoms with van der Waals surface area (Å²) in [4.78, 5) is 31.2. The van der Waals surface area contributed by atoms with E-state index in [0.29, 0.717) is 42.7 Å². The summed E-state index contributed by atoms with van der Waals surface area (Å²) < 4.78 is 17.6. The summed E-state index contributed by atoms with van der Waals surface area (Å²) in [5.74, 6) is 0.348. The van der Waals surface area contributed by atoms with E-state index in [0.717, 1.165) is 5.56 Å². The molecule has 9 heteroatoms. The minimum absolute atomic E-state index is 0.271. The number of benzene rings is 2. The smallest absolute Gasteiger partial charge is 0.338 e. The highest BCUT2D eigenvalue weighted by molar-refractivity contribution is 7.07. The average molecular weight is 485 g/mol. The third-order valence-corrected chi connectivity index (χ3v) is 6.56. The van der Waals surface area contributed by atoms with Gasteiger partial charge in [-0.05, 0) is 36.3 Å². The molecule has 0 radical (unpaired) electrons. The van der Waals surface area contributed by atoms with Crippen LogP contribution in [0, 0.1) is 0 Å². The number of aromatic nitrogens is 1. The van der Waals surface area contributed by atoms with Crippen LogP contribution in [-0.4, -0.2) is 31.9 Å². The number of ether oxygens (including phenoxy) is 3. The van der Waals surface area contributed by atoms with Crippen molar-refractivity contribution in [2.24, 2.45) is 4.99 Å². The van der Waals surface area contributed by atoms with Gasteiger partial charge in [0.2, 0.25) is 0 Å². The number of esters is 1. The SMILES string of the molecule is COC(=O)C1=C(C)N=c2sc(=Cc3cc(Cl)c(OC)c(OC)c3)c(=O)n2C1c1ccccc1. The third-order valence-electron chi connectivity index (χ3n) is 5.30. The number of halogens is 1. The fourth-order valence-corrected chi connectivity index (χ4v) is 5.16. The molecule has 0 saturated heterocycles. The summed E-state index contributed by atoms with van der Waals surface area (Å²) in [6.45, 7) is 1.74. The largest absolute Gasteiger partial charge is 0.493 e.